The number of aliphatic hydroxyl groups excluding tert-OH is 1. The first-order valence-electron chi connectivity index (χ1n) is 10.3. The first-order chi connectivity index (χ1) is 15.1. The van der Waals surface area contributed by atoms with E-state index in [4.69, 9.17) is 24.0 Å². The Labute approximate surface area is 183 Å². The second kappa shape index (κ2) is 8.16. The number of hydrogen-bond acceptors (Lipinski definition) is 9. The van der Waals surface area contributed by atoms with E-state index in [0.717, 1.165) is 49.7 Å². The van der Waals surface area contributed by atoms with Crippen molar-refractivity contribution in [3.05, 3.63) is 35.9 Å². The average molecular weight is 441 g/mol. The fraction of sp³-hybridized carbons (Fsp3) is 0.409. The van der Waals surface area contributed by atoms with E-state index in [1.165, 1.54) is 5.56 Å². The zero-order valence-electron chi connectivity index (χ0n) is 17.5. The maximum Gasteiger partial charge on any atom is 0.152 e. The lowest BCUT2D eigenvalue weighted by Gasteiger charge is -2.32. The fourth-order valence-electron chi connectivity index (χ4n) is 3.96. The molecule has 0 spiro atoms. The van der Waals surface area contributed by atoms with Gasteiger partial charge in [0, 0.05) is 23.9 Å². The van der Waals surface area contributed by atoms with Crippen molar-refractivity contribution in [3.63, 3.8) is 0 Å². The van der Waals surface area contributed by atoms with Crippen molar-refractivity contribution in [1.29, 1.82) is 0 Å². The van der Waals surface area contributed by atoms with Crippen molar-refractivity contribution in [2.75, 3.05) is 31.7 Å². The maximum absolute atomic E-state index is 8.84. The van der Waals surface area contributed by atoms with E-state index in [1.807, 2.05) is 12.1 Å². The number of furan rings is 1. The molecule has 5 heterocycles. The molecule has 8 nitrogen and oxygen atoms in total. The van der Waals surface area contributed by atoms with Crippen LogP contribution in [0.5, 0.6) is 0 Å². The molecule has 0 amide bonds. The van der Waals surface area contributed by atoms with E-state index in [9.17, 15) is 0 Å². The van der Waals surface area contributed by atoms with Gasteiger partial charge in [-0.15, -0.1) is 11.3 Å². The number of aliphatic hydroxyl groups is 1. The summed E-state index contributed by atoms with van der Waals surface area (Å²) in [6.45, 7) is 6.12. The number of pyridine rings is 1. The molecule has 1 aliphatic rings. The third-order valence-corrected chi connectivity index (χ3v) is 6.44. The van der Waals surface area contributed by atoms with E-state index in [1.54, 1.807) is 23.9 Å². The van der Waals surface area contributed by atoms with Crippen LogP contribution in [0.25, 0.3) is 31.9 Å². The average Bonchev–Trinajstić information content (AvgIpc) is 3.40. The van der Waals surface area contributed by atoms with Gasteiger partial charge in [-0.2, -0.15) is 0 Å². The van der Waals surface area contributed by atoms with Crippen molar-refractivity contribution < 1.29 is 19.0 Å². The second-order valence-corrected chi connectivity index (χ2v) is 9.06. The molecule has 9 heteroatoms. The summed E-state index contributed by atoms with van der Waals surface area (Å²) in [5, 5.41) is 13.2. The lowest BCUT2D eigenvalue weighted by atomic mass is 9.89. The highest BCUT2D eigenvalue weighted by Crippen LogP contribution is 2.44. The van der Waals surface area contributed by atoms with Gasteiger partial charge in [-0.1, -0.05) is 0 Å². The summed E-state index contributed by atoms with van der Waals surface area (Å²) >= 11 is 1.58. The predicted molar refractivity (Wildman–Crippen MR) is 119 cm³/mol. The number of aromatic nitrogens is 3. The predicted octanol–water partition coefficient (Wildman–Crippen LogP) is 3.77. The molecule has 0 bridgehead atoms. The van der Waals surface area contributed by atoms with Crippen LogP contribution in [-0.2, 0) is 22.5 Å². The minimum Gasteiger partial charge on any atom is -0.463 e. The van der Waals surface area contributed by atoms with Gasteiger partial charge in [0.05, 0.1) is 48.5 Å². The van der Waals surface area contributed by atoms with Crippen LogP contribution in [0.15, 0.2) is 29.1 Å². The Bertz CT molecular complexity index is 1220. The molecular weight excluding hydrogens is 416 g/mol. The number of anilines is 1. The van der Waals surface area contributed by atoms with Gasteiger partial charge >= 0.3 is 0 Å². The van der Waals surface area contributed by atoms with Crippen LogP contribution in [0.4, 0.5) is 5.82 Å². The van der Waals surface area contributed by atoms with Gasteiger partial charge in [0.1, 0.15) is 22.7 Å². The molecule has 0 unspecified atom stereocenters. The number of ether oxygens (including phenoxy) is 2. The SMILES string of the molecule is CC1(C)Cc2c(c(-c3ccco3)nc3sc4c(NCCOCCO)ncnc4c23)CO1. The Morgan fingerprint density at radius 1 is 1.26 bits per heavy atom. The molecule has 1 aliphatic heterocycles. The number of nitrogens with zero attached hydrogens (tertiary/aromatic N) is 3. The van der Waals surface area contributed by atoms with E-state index in [0.29, 0.717) is 26.4 Å². The maximum atomic E-state index is 8.84. The Morgan fingerprint density at radius 3 is 2.97 bits per heavy atom. The van der Waals surface area contributed by atoms with Crippen molar-refractivity contribution in [2.24, 2.45) is 0 Å². The van der Waals surface area contributed by atoms with Gasteiger partial charge in [-0.05, 0) is 31.5 Å². The summed E-state index contributed by atoms with van der Waals surface area (Å²) < 4.78 is 18.1. The highest BCUT2D eigenvalue weighted by Gasteiger charge is 2.32. The monoisotopic (exact) mass is 440 g/mol. The normalized spacial score (nSPS) is 15.5. The largest absolute Gasteiger partial charge is 0.463 e. The molecule has 0 aliphatic carbocycles. The number of rotatable bonds is 7. The summed E-state index contributed by atoms with van der Waals surface area (Å²) in [5.74, 6) is 1.50. The molecular formula is C22H24N4O4S. The quantitative estimate of drug-likeness (QED) is 0.419. The van der Waals surface area contributed by atoms with Gasteiger partial charge in [0.15, 0.2) is 5.76 Å². The lowest BCUT2D eigenvalue weighted by molar-refractivity contribution is -0.0395. The van der Waals surface area contributed by atoms with Gasteiger partial charge < -0.3 is 24.3 Å². The van der Waals surface area contributed by atoms with Gasteiger partial charge in [-0.3, -0.25) is 0 Å². The summed E-state index contributed by atoms with van der Waals surface area (Å²) in [4.78, 5) is 15.0. The number of nitrogens with one attached hydrogen (secondary N) is 1. The number of thiophene rings is 1. The van der Waals surface area contributed by atoms with Crippen LogP contribution >= 0.6 is 11.3 Å². The Morgan fingerprint density at radius 2 is 2.16 bits per heavy atom. The van der Waals surface area contributed by atoms with Gasteiger partial charge in [0.25, 0.3) is 0 Å². The molecule has 31 heavy (non-hydrogen) atoms. The molecule has 4 aromatic heterocycles. The molecule has 0 atom stereocenters. The minimum atomic E-state index is -0.270. The van der Waals surface area contributed by atoms with Crippen LogP contribution in [0.2, 0.25) is 0 Å². The topological polar surface area (TPSA) is 103 Å². The minimum absolute atomic E-state index is 0.0168. The smallest absolute Gasteiger partial charge is 0.152 e. The summed E-state index contributed by atoms with van der Waals surface area (Å²) in [6, 6.07) is 3.80. The molecule has 162 valence electrons. The number of fused-ring (bicyclic) bond motifs is 5. The third-order valence-electron chi connectivity index (χ3n) is 5.36. The Kier molecular flexibility index (Phi) is 5.35. The first-order valence-corrected chi connectivity index (χ1v) is 11.1. The fourth-order valence-corrected chi connectivity index (χ4v) is 5.08. The summed E-state index contributed by atoms with van der Waals surface area (Å²) in [5.41, 5.74) is 3.74. The van der Waals surface area contributed by atoms with E-state index < -0.39 is 0 Å². The highest BCUT2D eigenvalue weighted by molar-refractivity contribution is 7.26. The van der Waals surface area contributed by atoms with E-state index >= 15 is 0 Å². The molecule has 0 fully saturated rings. The molecule has 0 saturated carbocycles. The van der Waals surface area contributed by atoms with E-state index in [2.05, 4.69) is 29.1 Å². The van der Waals surface area contributed by atoms with Crippen LogP contribution < -0.4 is 5.32 Å². The Balaban J connectivity index is 1.64. The van der Waals surface area contributed by atoms with Gasteiger partial charge in [-0.25, -0.2) is 15.0 Å². The standard InChI is InChI=1S/C22H24N4O4S/c1-22(2)10-13-14(11-30-22)17(15-4-3-7-29-15)26-21-16(13)18-19(31-21)20(25-12-24-18)23-5-8-28-9-6-27/h3-4,7,12,27H,5-6,8-11H2,1-2H3,(H,23,24,25). The zero-order chi connectivity index (χ0) is 21.4. The van der Waals surface area contributed by atoms with Crippen LogP contribution in [0.3, 0.4) is 0 Å². The zero-order valence-corrected chi connectivity index (χ0v) is 18.3. The summed E-state index contributed by atoms with van der Waals surface area (Å²) in [7, 11) is 0. The van der Waals surface area contributed by atoms with Crippen molar-refractivity contribution >= 4 is 37.6 Å². The van der Waals surface area contributed by atoms with Crippen molar-refractivity contribution in [2.45, 2.75) is 32.5 Å². The summed E-state index contributed by atoms with van der Waals surface area (Å²) in [6.07, 6.45) is 4.02. The van der Waals surface area contributed by atoms with Gasteiger partial charge in [0.2, 0.25) is 0 Å². The molecule has 0 radical (unpaired) electrons. The molecule has 5 rings (SSSR count). The lowest BCUT2D eigenvalue weighted by Crippen LogP contribution is -2.32. The Hall–Kier alpha value is -2.59. The highest BCUT2D eigenvalue weighted by atomic mass is 32.1. The number of hydrogen-bond donors (Lipinski definition) is 2. The van der Waals surface area contributed by atoms with Crippen molar-refractivity contribution in [3.8, 4) is 11.5 Å². The third kappa shape index (κ3) is 3.78. The first kappa shape index (κ1) is 20.3. The van der Waals surface area contributed by atoms with Crippen LogP contribution in [0.1, 0.15) is 25.0 Å². The molecule has 4 aromatic rings. The van der Waals surface area contributed by atoms with Crippen molar-refractivity contribution in [1.82, 2.24) is 15.0 Å². The second-order valence-electron chi connectivity index (χ2n) is 8.06. The molecule has 2 N–H and O–H groups in total. The van der Waals surface area contributed by atoms with Crippen LogP contribution in [-0.4, -0.2) is 52.0 Å². The van der Waals surface area contributed by atoms with E-state index in [-0.39, 0.29) is 12.2 Å². The molecule has 0 aromatic carbocycles. The van der Waals surface area contributed by atoms with Crippen LogP contribution in [0, 0.1) is 0 Å². The molecule has 0 saturated heterocycles.